The molecule has 0 saturated heterocycles. The van der Waals surface area contributed by atoms with E-state index in [2.05, 4.69) is 0 Å². The van der Waals surface area contributed by atoms with Gasteiger partial charge in [-0.2, -0.15) is 0 Å². The Kier molecular flexibility index (Phi) is 5.14. The van der Waals surface area contributed by atoms with Crippen LogP contribution in [-0.2, 0) is 17.9 Å². The van der Waals surface area contributed by atoms with Crippen LogP contribution in [0.3, 0.4) is 0 Å². The molecule has 2 nitrogen and oxygen atoms in total. The Morgan fingerprint density at radius 1 is 1.22 bits per heavy atom. The van der Waals surface area contributed by atoms with Gasteiger partial charge in [-0.3, -0.25) is 0 Å². The highest BCUT2D eigenvalue weighted by molar-refractivity contribution is 5.24. The predicted molar refractivity (Wildman–Crippen MR) is 70.5 cm³/mol. The maximum absolute atomic E-state index is 13.6. The van der Waals surface area contributed by atoms with Crippen LogP contribution in [0.1, 0.15) is 43.2 Å². The third kappa shape index (κ3) is 3.79. The summed E-state index contributed by atoms with van der Waals surface area (Å²) >= 11 is 0. The van der Waals surface area contributed by atoms with Crippen molar-refractivity contribution in [3.05, 3.63) is 35.1 Å². The van der Waals surface area contributed by atoms with Crippen molar-refractivity contribution < 1.29 is 9.13 Å². The van der Waals surface area contributed by atoms with E-state index < -0.39 is 0 Å². The van der Waals surface area contributed by atoms with Crippen molar-refractivity contribution in [1.29, 1.82) is 0 Å². The first-order valence-electron chi connectivity index (χ1n) is 6.84. The van der Waals surface area contributed by atoms with Gasteiger partial charge in [0.2, 0.25) is 0 Å². The molecule has 0 atom stereocenters. The molecule has 2 N–H and O–H groups in total. The van der Waals surface area contributed by atoms with E-state index in [0.29, 0.717) is 24.6 Å². The van der Waals surface area contributed by atoms with Gasteiger partial charge < -0.3 is 10.5 Å². The van der Waals surface area contributed by atoms with Crippen LogP contribution in [0.25, 0.3) is 0 Å². The Balaban J connectivity index is 1.81. The molecule has 1 aromatic rings. The van der Waals surface area contributed by atoms with Crippen molar-refractivity contribution in [2.75, 3.05) is 6.61 Å². The molecular formula is C15H22FNO. The highest BCUT2D eigenvalue weighted by Crippen LogP contribution is 2.24. The van der Waals surface area contributed by atoms with Crippen LogP contribution in [-0.4, -0.2) is 6.61 Å². The lowest BCUT2D eigenvalue weighted by Crippen LogP contribution is -2.13. The van der Waals surface area contributed by atoms with Crippen molar-refractivity contribution in [3.63, 3.8) is 0 Å². The molecule has 18 heavy (non-hydrogen) atoms. The molecule has 3 heteroatoms. The van der Waals surface area contributed by atoms with E-state index in [0.717, 1.165) is 12.2 Å². The summed E-state index contributed by atoms with van der Waals surface area (Å²) in [4.78, 5) is 0. The number of hydrogen-bond acceptors (Lipinski definition) is 2. The fourth-order valence-electron chi connectivity index (χ4n) is 2.56. The van der Waals surface area contributed by atoms with E-state index in [1.807, 2.05) is 0 Å². The van der Waals surface area contributed by atoms with Gasteiger partial charge in [0, 0.05) is 18.7 Å². The Morgan fingerprint density at radius 2 is 2.00 bits per heavy atom. The minimum absolute atomic E-state index is 0.198. The zero-order valence-electron chi connectivity index (χ0n) is 10.8. The summed E-state index contributed by atoms with van der Waals surface area (Å²) in [5.74, 6) is 0.468. The van der Waals surface area contributed by atoms with E-state index in [4.69, 9.17) is 10.5 Å². The van der Waals surface area contributed by atoms with Crippen molar-refractivity contribution in [1.82, 2.24) is 0 Å². The summed E-state index contributed by atoms with van der Waals surface area (Å²) in [5, 5.41) is 0. The lowest BCUT2D eigenvalue weighted by atomic mass is 9.90. The average molecular weight is 251 g/mol. The monoisotopic (exact) mass is 251 g/mol. The number of ether oxygens (including phenoxy) is 1. The molecule has 0 heterocycles. The van der Waals surface area contributed by atoms with E-state index >= 15 is 0 Å². The Bertz CT molecular complexity index is 375. The second-order valence-corrected chi connectivity index (χ2v) is 5.15. The van der Waals surface area contributed by atoms with Gasteiger partial charge in [0.25, 0.3) is 0 Å². The third-order valence-corrected chi connectivity index (χ3v) is 3.68. The average Bonchev–Trinajstić information content (AvgIpc) is 2.42. The minimum Gasteiger partial charge on any atom is -0.376 e. The van der Waals surface area contributed by atoms with Crippen molar-refractivity contribution >= 4 is 0 Å². The molecule has 1 fully saturated rings. The van der Waals surface area contributed by atoms with Crippen LogP contribution in [0.5, 0.6) is 0 Å². The van der Waals surface area contributed by atoms with Gasteiger partial charge in [0.1, 0.15) is 5.82 Å². The smallest absolute Gasteiger partial charge is 0.128 e. The molecule has 0 amide bonds. The van der Waals surface area contributed by atoms with Gasteiger partial charge in [-0.05, 0) is 36.5 Å². The summed E-state index contributed by atoms with van der Waals surface area (Å²) in [6.07, 6.45) is 6.48. The lowest BCUT2D eigenvalue weighted by Gasteiger charge is -2.21. The maximum Gasteiger partial charge on any atom is 0.128 e. The van der Waals surface area contributed by atoms with Crippen LogP contribution in [0.2, 0.25) is 0 Å². The summed E-state index contributed by atoms with van der Waals surface area (Å²) < 4.78 is 19.2. The zero-order chi connectivity index (χ0) is 12.8. The van der Waals surface area contributed by atoms with Crippen LogP contribution in [0, 0.1) is 11.7 Å². The largest absolute Gasteiger partial charge is 0.376 e. The number of rotatable bonds is 5. The molecule has 100 valence electrons. The maximum atomic E-state index is 13.6. The molecule has 2 rings (SSSR count). The van der Waals surface area contributed by atoms with Gasteiger partial charge in [0.05, 0.1) is 6.61 Å². The Labute approximate surface area is 108 Å². The fraction of sp³-hybridized carbons (Fsp3) is 0.600. The number of nitrogens with two attached hydrogens (primary N) is 1. The molecule has 0 aromatic heterocycles. The molecular weight excluding hydrogens is 229 g/mol. The van der Waals surface area contributed by atoms with E-state index in [1.165, 1.54) is 38.2 Å². The molecule has 0 aliphatic heterocycles. The second-order valence-electron chi connectivity index (χ2n) is 5.15. The topological polar surface area (TPSA) is 35.2 Å². The van der Waals surface area contributed by atoms with Crippen molar-refractivity contribution in [2.24, 2.45) is 11.7 Å². The number of halogens is 1. The molecule has 1 aromatic carbocycles. The predicted octanol–water partition coefficient (Wildman–Crippen LogP) is 3.38. The molecule has 0 radical (unpaired) electrons. The molecule has 0 spiro atoms. The van der Waals surface area contributed by atoms with Crippen LogP contribution in [0.4, 0.5) is 4.39 Å². The summed E-state index contributed by atoms with van der Waals surface area (Å²) in [6.45, 7) is 1.55. The molecule has 0 bridgehead atoms. The van der Waals surface area contributed by atoms with Crippen LogP contribution >= 0.6 is 0 Å². The van der Waals surface area contributed by atoms with Gasteiger partial charge >= 0.3 is 0 Å². The summed E-state index contributed by atoms with van der Waals surface area (Å²) in [7, 11) is 0. The fourth-order valence-corrected chi connectivity index (χ4v) is 2.56. The lowest BCUT2D eigenvalue weighted by molar-refractivity contribution is 0.0722. The molecule has 0 unspecified atom stereocenters. The summed E-state index contributed by atoms with van der Waals surface area (Å²) in [5.41, 5.74) is 7.12. The third-order valence-electron chi connectivity index (χ3n) is 3.68. The molecule has 1 saturated carbocycles. The highest BCUT2D eigenvalue weighted by atomic mass is 19.1. The van der Waals surface area contributed by atoms with Crippen LogP contribution < -0.4 is 5.73 Å². The Hall–Kier alpha value is -0.930. The van der Waals surface area contributed by atoms with Gasteiger partial charge in [-0.15, -0.1) is 0 Å². The van der Waals surface area contributed by atoms with Gasteiger partial charge in [-0.25, -0.2) is 4.39 Å². The number of hydrogen-bond donors (Lipinski definition) is 1. The van der Waals surface area contributed by atoms with Crippen molar-refractivity contribution in [3.8, 4) is 0 Å². The SMILES string of the molecule is NCc1ccc(F)c(COCC2CCCCC2)c1. The molecule has 1 aliphatic rings. The highest BCUT2D eigenvalue weighted by Gasteiger charge is 2.13. The standard InChI is InChI=1S/C15H22FNO/c16-15-7-6-13(9-17)8-14(15)11-18-10-12-4-2-1-3-5-12/h6-8,12H,1-5,9-11,17H2. The van der Waals surface area contributed by atoms with E-state index in [9.17, 15) is 4.39 Å². The quantitative estimate of drug-likeness (QED) is 0.870. The normalized spacial score (nSPS) is 17.0. The van der Waals surface area contributed by atoms with Crippen molar-refractivity contribution in [2.45, 2.75) is 45.3 Å². The van der Waals surface area contributed by atoms with E-state index in [-0.39, 0.29) is 5.82 Å². The minimum atomic E-state index is -0.198. The second kappa shape index (κ2) is 6.86. The molecule has 1 aliphatic carbocycles. The first-order valence-corrected chi connectivity index (χ1v) is 6.84. The van der Waals surface area contributed by atoms with E-state index in [1.54, 1.807) is 12.1 Å². The number of benzene rings is 1. The van der Waals surface area contributed by atoms with Gasteiger partial charge in [-0.1, -0.05) is 25.3 Å². The van der Waals surface area contributed by atoms with Crippen LogP contribution in [0.15, 0.2) is 18.2 Å². The summed E-state index contributed by atoms with van der Waals surface area (Å²) in [6, 6.07) is 5.00. The Morgan fingerprint density at radius 3 is 2.72 bits per heavy atom. The van der Waals surface area contributed by atoms with Gasteiger partial charge in [0.15, 0.2) is 0 Å². The first kappa shape index (κ1) is 13.5. The first-order chi connectivity index (χ1) is 8.79. The zero-order valence-corrected chi connectivity index (χ0v) is 10.8.